The van der Waals surface area contributed by atoms with Crippen LogP contribution in [0.3, 0.4) is 0 Å². The minimum atomic E-state index is -0.698. The van der Waals surface area contributed by atoms with E-state index in [1.807, 2.05) is 82.5 Å². The summed E-state index contributed by atoms with van der Waals surface area (Å²) in [5.41, 5.74) is 4.29. The Balaban J connectivity index is 1.90. The summed E-state index contributed by atoms with van der Waals surface area (Å²) in [6.07, 6.45) is 0. The van der Waals surface area contributed by atoms with Gasteiger partial charge in [-0.3, -0.25) is 14.5 Å². The first kappa shape index (κ1) is 23.8. The van der Waals surface area contributed by atoms with Crippen LogP contribution in [-0.2, 0) is 9.59 Å². The van der Waals surface area contributed by atoms with Crippen molar-refractivity contribution >= 4 is 34.5 Å². The van der Waals surface area contributed by atoms with E-state index in [1.165, 1.54) is 16.2 Å². The third-order valence-electron chi connectivity index (χ3n) is 6.23. The van der Waals surface area contributed by atoms with Crippen LogP contribution < -0.4 is 9.64 Å². The van der Waals surface area contributed by atoms with Gasteiger partial charge in [0.05, 0.1) is 12.2 Å². The molecule has 1 unspecified atom stereocenters. The van der Waals surface area contributed by atoms with E-state index in [-0.39, 0.29) is 17.3 Å². The molecule has 2 heterocycles. The number of hydrogen-bond donors (Lipinski definition) is 1. The summed E-state index contributed by atoms with van der Waals surface area (Å²) in [7, 11) is 0. The Morgan fingerprint density at radius 1 is 1.09 bits per heavy atom. The first-order valence-electron chi connectivity index (χ1n) is 11.4. The summed E-state index contributed by atoms with van der Waals surface area (Å²) < 4.78 is 5.75. The van der Waals surface area contributed by atoms with Gasteiger partial charge in [-0.05, 0) is 85.2 Å². The molecule has 4 rings (SSSR count). The number of aliphatic hydroxyl groups excluding tert-OH is 1. The molecule has 1 fully saturated rings. The topological polar surface area (TPSA) is 66.8 Å². The molecule has 1 aliphatic rings. The molecule has 0 radical (unpaired) electrons. The number of aliphatic hydroxyl groups is 1. The molecule has 1 N–H and O–H groups in total. The van der Waals surface area contributed by atoms with Crippen molar-refractivity contribution < 1.29 is 19.4 Å². The molecule has 2 aromatic carbocycles. The zero-order chi connectivity index (χ0) is 24.6. The molecular formula is C28H29NO4S. The Labute approximate surface area is 204 Å². The molecule has 6 heteroatoms. The normalized spacial score (nSPS) is 17.6. The SMILES string of the molecule is CCOc1ccc(/C(O)=C2/C(=O)C(=O)N(c3ccc(C)c(C)c3)C2c2cccs2)cc1C(C)C. The number of benzene rings is 2. The summed E-state index contributed by atoms with van der Waals surface area (Å²) in [4.78, 5) is 28.9. The van der Waals surface area contributed by atoms with Crippen LogP contribution in [0.4, 0.5) is 5.69 Å². The lowest BCUT2D eigenvalue weighted by Crippen LogP contribution is -2.29. The molecule has 1 amide bonds. The van der Waals surface area contributed by atoms with Gasteiger partial charge in [0.25, 0.3) is 11.7 Å². The highest BCUT2D eigenvalue weighted by atomic mass is 32.1. The van der Waals surface area contributed by atoms with Crippen LogP contribution >= 0.6 is 11.3 Å². The first-order valence-corrected chi connectivity index (χ1v) is 12.3. The van der Waals surface area contributed by atoms with Gasteiger partial charge in [-0.2, -0.15) is 0 Å². The minimum Gasteiger partial charge on any atom is -0.507 e. The number of carbonyl (C=O) groups excluding carboxylic acids is 2. The van der Waals surface area contributed by atoms with Crippen LogP contribution in [-0.4, -0.2) is 23.4 Å². The number of ether oxygens (including phenoxy) is 1. The number of hydrogen-bond acceptors (Lipinski definition) is 5. The third kappa shape index (κ3) is 4.14. The van der Waals surface area contributed by atoms with Gasteiger partial charge in [-0.25, -0.2) is 0 Å². The molecular weight excluding hydrogens is 446 g/mol. The molecule has 0 saturated carbocycles. The Morgan fingerprint density at radius 2 is 1.85 bits per heavy atom. The van der Waals surface area contributed by atoms with Gasteiger partial charge >= 0.3 is 0 Å². The average Bonchev–Trinajstić information content (AvgIpc) is 3.43. The summed E-state index contributed by atoms with van der Waals surface area (Å²) >= 11 is 1.45. The number of Topliss-reactive ketones (excluding diaryl/α,β-unsaturated/α-hetero) is 1. The molecule has 1 saturated heterocycles. The molecule has 0 bridgehead atoms. The standard InChI is InChI=1S/C28H29NO4S/c1-6-33-22-12-10-19(15-21(22)16(2)3)26(30)24-25(23-8-7-13-34-23)29(28(32)27(24)31)20-11-9-17(4)18(5)14-20/h7-16,25,30H,6H2,1-5H3/b26-24-. The van der Waals surface area contributed by atoms with E-state index in [2.05, 4.69) is 0 Å². The second kappa shape index (κ2) is 9.47. The second-order valence-corrected chi connectivity index (χ2v) is 9.77. The fraction of sp³-hybridized carbons (Fsp3) is 0.286. The van der Waals surface area contributed by atoms with Gasteiger partial charge in [-0.1, -0.05) is 26.0 Å². The first-order chi connectivity index (χ1) is 16.2. The number of carbonyl (C=O) groups is 2. The molecule has 176 valence electrons. The van der Waals surface area contributed by atoms with Crippen LogP contribution in [0.25, 0.3) is 5.76 Å². The van der Waals surface area contributed by atoms with Crippen molar-refractivity contribution in [3.63, 3.8) is 0 Å². The predicted octanol–water partition coefficient (Wildman–Crippen LogP) is 6.51. The lowest BCUT2D eigenvalue weighted by Gasteiger charge is -2.25. The van der Waals surface area contributed by atoms with E-state index in [0.717, 1.165) is 27.3 Å². The Kier molecular flexibility index (Phi) is 6.62. The highest BCUT2D eigenvalue weighted by Crippen LogP contribution is 2.44. The number of thiophene rings is 1. The monoisotopic (exact) mass is 475 g/mol. The minimum absolute atomic E-state index is 0.101. The molecule has 0 spiro atoms. The molecule has 1 aliphatic heterocycles. The fourth-order valence-electron chi connectivity index (χ4n) is 4.28. The van der Waals surface area contributed by atoms with E-state index in [9.17, 15) is 14.7 Å². The molecule has 3 aromatic rings. The molecule has 1 aromatic heterocycles. The summed E-state index contributed by atoms with van der Waals surface area (Å²) in [6, 6.07) is 14.2. The van der Waals surface area contributed by atoms with E-state index in [4.69, 9.17) is 4.74 Å². The summed E-state index contributed by atoms with van der Waals surface area (Å²) in [6.45, 7) is 10.5. The van der Waals surface area contributed by atoms with Crippen molar-refractivity contribution in [3.8, 4) is 5.75 Å². The molecule has 1 atom stereocenters. The number of amides is 1. The van der Waals surface area contributed by atoms with Crippen molar-refractivity contribution in [2.24, 2.45) is 0 Å². The Morgan fingerprint density at radius 3 is 2.47 bits per heavy atom. The molecule has 5 nitrogen and oxygen atoms in total. The third-order valence-corrected chi connectivity index (χ3v) is 7.16. The Hall–Kier alpha value is -3.38. The number of anilines is 1. The van der Waals surface area contributed by atoms with Crippen LogP contribution in [0.2, 0.25) is 0 Å². The van der Waals surface area contributed by atoms with Crippen LogP contribution in [0.5, 0.6) is 5.75 Å². The zero-order valence-electron chi connectivity index (χ0n) is 20.1. The van der Waals surface area contributed by atoms with Gasteiger partial charge < -0.3 is 9.84 Å². The van der Waals surface area contributed by atoms with Crippen LogP contribution in [0, 0.1) is 13.8 Å². The average molecular weight is 476 g/mol. The van der Waals surface area contributed by atoms with Crippen molar-refractivity contribution in [1.82, 2.24) is 0 Å². The highest BCUT2D eigenvalue weighted by molar-refractivity contribution is 7.10. The van der Waals surface area contributed by atoms with E-state index < -0.39 is 17.7 Å². The predicted molar refractivity (Wildman–Crippen MR) is 137 cm³/mol. The maximum Gasteiger partial charge on any atom is 0.300 e. The van der Waals surface area contributed by atoms with Gasteiger partial charge in [0.2, 0.25) is 0 Å². The van der Waals surface area contributed by atoms with E-state index in [0.29, 0.717) is 17.9 Å². The quantitative estimate of drug-likeness (QED) is 0.251. The molecule has 0 aliphatic carbocycles. The number of aryl methyl sites for hydroxylation is 2. The molecule has 34 heavy (non-hydrogen) atoms. The van der Waals surface area contributed by atoms with Crippen LogP contribution in [0.1, 0.15) is 59.9 Å². The van der Waals surface area contributed by atoms with E-state index >= 15 is 0 Å². The number of nitrogens with zero attached hydrogens (tertiary/aromatic N) is 1. The number of ketones is 1. The van der Waals surface area contributed by atoms with Gasteiger partial charge in [0, 0.05) is 16.1 Å². The maximum absolute atomic E-state index is 13.3. The van der Waals surface area contributed by atoms with Gasteiger partial charge in [0.1, 0.15) is 17.6 Å². The van der Waals surface area contributed by atoms with Crippen molar-refractivity contribution in [1.29, 1.82) is 0 Å². The second-order valence-electron chi connectivity index (χ2n) is 8.79. The largest absolute Gasteiger partial charge is 0.507 e. The smallest absolute Gasteiger partial charge is 0.300 e. The summed E-state index contributed by atoms with van der Waals surface area (Å²) in [5, 5.41) is 13.3. The maximum atomic E-state index is 13.3. The van der Waals surface area contributed by atoms with Gasteiger partial charge in [-0.15, -0.1) is 11.3 Å². The lowest BCUT2D eigenvalue weighted by molar-refractivity contribution is -0.132. The van der Waals surface area contributed by atoms with Crippen molar-refractivity contribution in [3.05, 3.63) is 86.6 Å². The van der Waals surface area contributed by atoms with Gasteiger partial charge in [0.15, 0.2) is 0 Å². The zero-order valence-corrected chi connectivity index (χ0v) is 20.9. The van der Waals surface area contributed by atoms with Crippen LogP contribution in [0.15, 0.2) is 59.5 Å². The van der Waals surface area contributed by atoms with Crippen molar-refractivity contribution in [2.75, 3.05) is 11.5 Å². The summed E-state index contributed by atoms with van der Waals surface area (Å²) in [5.74, 6) is -0.597. The number of rotatable bonds is 6. The fourth-order valence-corrected chi connectivity index (χ4v) is 5.10. The van der Waals surface area contributed by atoms with E-state index in [1.54, 1.807) is 6.07 Å². The van der Waals surface area contributed by atoms with Crippen molar-refractivity contribution in [2.45, 2.75) is 46.6 Å². The Bertz CT molecular complexity index is 1270. The lowest BCUT2D eigenvalue weighted by atomic mass is 9.95. The highest BCUT2D eigenvalue weighted by Gasteiger charge is 2.47.